The molecule has 0 aromatic carbocycles. The average Bonchev–Trinajstić information content (AvgIpc) is 2.72. The molecule has 4 aliphatic rings. The van der Waals surface area contributed by atoms with Gasteiger partial charge in [-0.15, -0.1) is 0 Å². The van der Waals surface area contributed by atoms with E-state index < -0.39 is 0 Å². The Morgan fingerprint density at radius 2 is 1.59 bits per heavy atom. The highest BCUT2D eigenvalue weighted by molar-refractivity contribution is 5.12. The van der Waals surface area contributed by atoms with Gasteiger partial charge in [0.25, 0.3) is 0 Å². The van der Waals surface area contributed by atoms with Crippen LogP contribution >= 0.6 is 0 Å². The van der Waals surface area contributed by atoms with Crippen LogP contribution in [0.3, 0.4) is 0 Å². The van der Waals surface area contributed by atoms with Crippen LogP contribution in [0.15, 0.2) is 0 Å². The Labute approximate surface area is 134 Å². The zero-order chi connectivity index (χ0) is 15.7. The first-order chi connectivity index (χ1) is 10.4. The van der Waals surface area contributed by atoms with Crippen LogP contribution in [0.25, 0.3) is 0 Å². The number of aliphatic hydroxyl groups is 2. The van der Waals surface area contributed by atoms with Gasteiger partial charge in [-0.25, -0.2) is 0 Å². The number of rotatable bonds is 0. The topological polar surface area (TPSA) is 66.5 Å². The van der Waals surface area contributed by atoms with Gasteiger partial charge in [-0.2, -0.15) is 0 Å². The lowest BCUT2D eigenvalue weighted by Crippen LogP contribution is -2.54. The standard InChI is InChI=1S/C19H33NO2/c1-18-7-5-12(21)9-11(18)3-4-13-14(18)6-8-19(2)15(13)10-16(20)17(19)22/h11-17,21-22H,3-10,20H2,1-2H3/t11-,12-,13-,14-,15+,16-,17-,18-,19-/m0/s1. The van der Waals surface area contributed by atoms with Crippen molar-refractivity contribution in [1.29, 1.82) is 0 Å². The molecule has 0 heterocycles. The molecule has 22 heavy (non-hydrogen) atoms. The molecule has 9 atom stereocenters. The molecule has 0 aromatic rings. The maximum absolute atomic E-state index is 10.6. The third kappa shape index (κ3) is 1.91. The highest BCUT2D eigenvalue weighted by Gasteiger charge is 2.61. The second-order valence-electron chi connectivity index (χ2n) is 9.47. The molecule has 4 aliphatic carbocycles. The summed E-state index contributed by atoms with van der Waals surface area (Å²) in [6.07, 6.45) is 8.79. The molecule has 0 saturated heterocycles. The van der Waals surface area contributed by atoms with Crippen LogP contribution in [0.1, 0.15) is 65.2 Å². The molecule has 0 bridgehead atoms. The summed E-state index contributed by atoms with van der Waals surface area (Å²) >= 11 is 0. The van der Waals surface area contributed by atoms with E-state index in [0.29, 0.717) is 17.3 Å². The van der Waals surface area contributed by atoms with Crippen LogP contribution in [-0.2, 0) is 0 Å². The van der Waals surface area contributed by atoms with Gasteiger partial charge in [0.2, 0.25) is 0 Å². The first kappa shape index (κ1) is 15.4. The number of hydrogen-bond donors (Lipinski definition) is 3. The fourth-order valence-corrected chi connectivity index (χ4v) is 7.31. The van der Waals surface area contributed by atoms with Gasteiger partial charge in [0.15, 0.2) is 0 Å². The maximum Gasteiger partial charge on any atom is 0.0747 e. The second kappa shape index (κ2) is 4.94. The molecule has 4 fully saturated rings. The predicted octanol–water partition coefficient (Wildman–Crippen LogP) is 2.69. The van der Waals surface area contributed by atoms with Crippen molar-refractivity contribution in [2.75, 3.05) is 0 Å². The summed E-state index contributed by atoms with van der Waals surface area (Å²) in [4.78, 5) is 0. The van der Waals surface area contributed by atoms with E-state index in [4.69, 9.17) is 5.73 Å². The van der Waals surface area contributed by atoms with Gasteiger partial charge in [-0.3, -0.25) is 0 Å². The van der Waals surface area contributed by atoms with E-state index in [-0.39, 0.29) is 23.7 Å². The van der Waals surface area contributed by atoms with Gasteiger partial charge in [0.05, 0.1) is 12.2 Å². The van der Waals surface area contributed by atoms with E-state index in [1.165, 1.54) is 25.7 Å². The number of hydrogen-bond acceptors (Lipinski definition) is 3. The van der Waals surface area contributed by atoms with Crippen LogP contribution in [0, 0.1) is 34.5 Å². The summed E-state index contributed by atoms with van der Waals surface area (Å²) in [5, 5.41) is 20.7. The first-order valence-electron chi connectivity index (χ1n) is 9.48. The van der Waals surface area contributed by atoms with Crippen molar-refractivity contribution in [3.05, 3.63) is 0 Å². The molecule has 3 nitrogen and oxygen atoms in total. The van der Waals surface area contributed by atoms with Gasteiger partial charge in [-0.1, -0.05) is 13.8 Å². The Balaban J connectivity index is 1.63. The van der Waals surface area contributed by atoms with E-state index in [0.717, 1.165) is 37.5 Å². The molecular weight excluding hydrogens is 274 g/mol. The summed E-state index contributed by atoms with van der Waals surface area (Å²) in [5.41, 5.74) is 6.72. The number of nitrogens with two attached hydrogens (primary N) is 1. The summed E-state index contributed by atoms with van der Waals surface area (Å²) in [6, 6.07) is -0.0209. The molecule has 0 unspecified atom stereocenters. The van der Waals surface area contributed by atoms with Gasteiger partial charge in [-0.05, 0) is 85.9 Å². The van der Waals surface area contributed by atoms with Crippen LogP contribution in [0.2, 0.25) is 0 Å². The van der Waals surface area contributed by atoms with Crippen molar-refractivity contribution in [2.45, 2.75) is 83.5 Å². The lowest BCUT2D eigenvalue weighted by molar-refractivity contribution is -0.134. The smallest absolute Gasteiger partial charge is 0.0747 e. The van der Waals surface area contributed by atoms with Gasteiger partial charge in [0.1, 0.15) is 0 Å². The molecule has 4 N–H and O–H groups in total. The minimum absolute atomic E-state index is 0.0209. The fourth-order valence-electron chi connectivity index (χ4n) is 7.31. The minimum Gasteiger partial charge on any atom is -0.393 e. The zero-order valence-electron chi connectivity index (χ0n) is 14.2. The lowest BCUT2D eigenvalue weighted by Gasteiger charge is -2.60. The average molecular weight is 307 g/mol. The fraction of sp³-hybridized carbons (Fsp3) is 1.00. The first-order valence-corrected chi connectivity index (χ1v) is 9.48. The summed E-state index contributed by atoms with van der Waals surface area (Å²) in [5.74, 6) is 2.86. The number of fused-ring (bicyclic) bond motifs is 5. The van der Waals surface area contributed by atoms with E-state index >= 15 is 0 Å². The molecule has 126 valence electrons. The van der Waals surface area contributed by atoms with E-state index in [9.17, 15) is 10.2 Å². The normalized spacial score (nSPS) is 61.2. The monoisotopic (exact) mass is 307 g/mol. The highest BCUT2D eigenvalue weighted by Crippen LogP contribution is 2.65. The Hall–Kier alpha value is -0.120. The molecule has 0 aromatic heterocycles. The third-order valence-electron chi connectivity index (χ3n) is 8.68. The molecule has 0 aliphatic heterocycles. The molecule has 4 rings (SSSR count). The summed E-state index contributed by atoms with van der Waals surface area (Å²) < 4.78 is 0. The van der Waals surface area contributed by atoms with Crippen LogP contribution in [-0.4, -0.2) is 28.5 Å². The van der Waals surface area contributed by atoms with Crippen molar-refractivity contribution < 1.29 is 10.2 Å². The molecule has 0 radical (unpaired) electrons. The molecular formula is C19H33NO2. The summed E-state index contributed by atoms with van der Waals surface area (Å²) in [6.45, 7) is 4.80. The van der Waals surface area contributed by atoms with Crippen LogP contribution in [0.5, 0.6) is 0 Å². The van der Waals surface area contributed by atoms with Crippen molar-refractivity contribution in [3.63, 3.8) is 0 Å². The second-order valence-corrected chi connectivity index (χ2v) is 9.47. The maximum atomic E-state index is 10.6. The van der Waals surface area contributed by atoms with Crippen molar-refractivity contribution >= 4 is 0 Å². The van der Waals surface area contributed by atoms with Crippen molar-refractivity contribution in [1.82, 2.24) is 0 Å². The van der Waals surface area contributed by atoms with E-state index in [1.54, 1.807) is 0 Å². The van der Waals surface area contributed by atoms with Gasteiger partial charge in [0, 0.05) is 6.04 Å². The van der Waals surface area contributed by atoms with Crippen molar-refractivity contribution in [3.8, 4) is 0 Å². The molecule has 4 saturated carbocycles. The van der Waals surface area contributed by atoms with Crippen LogP contribution in [0.4, 0.5) is 0 Å². The largest absolute Gasteiger partial charge is 0.393 e. The Morgan fingerprint density at radius 1 is 0.864 bits per heavy atom. The highest BCUT2D eigenvalue weighted by atomic mass is 16.3. The van der Waals surface area contributed by atoms with Crippen LogP contribution < -0.4 is 5.73 Å². The quantitative estimate of drug-likeness (QED) is 0.644. The molecule has 0 amide bonds. The molecule has 0 spiro atoms. The summed E-state index contributed by atoms with van der Waals surface area (Å²) in [7, 11) is 0. The Morgan fingerprint density at radius 3 is 2.36 bits per heavy atom. The Bertz CT molecular complexity index is 455. The molecule has 3 heteroatoms. The van der Waals surface area contributed by atoms with E-state index in [1.807, 2.05) is 0 Å². The van der Waals surface area contributed by atoms with E-state index in [2.05, 4.69) is 13.8 Å². The Kier molecular flexibility index (Phi) is 3.46. The zero-order valence-corrected chi connectivity index (χ0v) is 14.2. The third-order valence-corrected chi connectivity index (χ3v) is 8.68. The van der Waals surface area contributed by atoms with Crippen molar-refractivity contribution in [2.24, 2.45) is 40.2 Å². The SMILES string of the molecule is C[C@]12CC[C@H]3[C@H](CC[C@H]4C[C@@H](O)CC[C@@]43C)[C@H]1C[C@H](N)[C@@H]2O. The lowest BCUT2D eigenvalue weighted by atomic mass is 9.45. The van der Waals surface area contributed by atoms with Gasteiger partial charge >= 0.3 is 0 Å². The minimum atomic E-state index is -0.308. The number of aliphatic hydroxyl groups excluding tert-OH is 2. The predicted molar refractivity (Wildman–Crippen MR) is 87.1 cm³/mol. The van der Waals surface area contributed by atoms with Gasteiger partial charge < -0.3 is 15.9 Å².